The van der Waals surface area contributed by atoms with E-state index in [0.717, 1.165) is 41.3 Å². The monoisotopic (exact) mass is 342 g/mol. The molecule has 1 N–H and O–H groups in total. The van der Waals surface area contributed by atoms with Gasteiger partial charge in [0.2, 0.25) is 0 Å². The van der Waals surface area contributed by atoms with Crippen LogP contribution in [0.1, 0.15) is 23.1 Å². The van der Waals surface area contributed by atoms with E-state index in [4.69, 9.17) is 11.6 Å². The molecule has 2 nitrogen and oxygen atoms in total. The molecule has 2 aromatic carbocycles. The Kier molecular flexibility index (Phi) is 3.86. The van der Waals surface area contributed by atoms with Crippen molar-refractivity contribution in [3.05, 3.63) is 70.0 Å². The first-order valence-electron chi connectivity index (χ1n) is 8.31. The number of hydrogen-bond donors (Lipinski definition) is 1. The van der Waals surface area contributed by atoms with Crippen molar-refractivity contribution in [1.29, 1.82) is 0 Å². The Hall–Kier alpha value is -1.84. The quantitative estimate of drug-likeness (QED) is 0.853. The molecule has 24 heavy (non-hydrogen) atoms. The highest BCUT2D eigenvalue weighted by Crippen LogP contribution is 2.44. The zero-order valence-corrected chi connectivity index (χ0v) is 14.4. The van der Waals surface area contributed by atoms with Gasteiger partial charge in [-0.15, -0.1) is 0 Å². The van der Waals surface area contributed by atoms with Gasteiger partial charge in [0, 0.05) is 22.8 Å². The van der Waals surface area contributed by atoms with Crippen LogP contribution in [0, 0.1) is 6.92 Å². The van der Waals surface area contributed by atoms with Gasteiger partial charge in [-0.25, -0.2) is 4.39 Å². The summed E-state index contributed by atoms with van der Waals surface area (Å²) in [5, 5.41) is 4.24. The van der Waals surface area contributed by atoms with Crippen molar-refractivity contribution >= 4 is 23.4 Å². The molecule has 4 rings (SSSR count). The third kappa shape index (κ3) is 2.35. The van der Waals surface area contributed by atoms with Crippen LogP contribution < -0.4 is 10.2 Å². The first kappa shape index (κ1) is 15.7. The molecule has 2 aliphatic heterocycles. The van der Waals surface area contributed by atoms with Crippen LogP contribution in [0.3, 0.4) is 0 Å². The highest BCUT2D eigenvalue weighted by molar-refractivity contribution is 6.31. The number of halogens is 2. The van der Waals surface area contributed by atoms with E-state index < -0.39 is 0 Å². The third-order valence-corrected chi connectivity index (χ3v) is 5.68. The Morgan fingerprint density at radius 2 is 2.00 bits per heavy atom. The molecule has 0 aromatic heterocycles. The molecular formula is C20H20ClFN2. The maximum absolute atomic E-state index is 14.4. The lowest BCUT2D eigenvalue weighted by atomic mass is 9.82. The summed E-state index contributed by atoms with van der Waals surface area (Å²) in [7, 11) is 0. The van der Waals surface area contributed by atoms with Gasteiger partial charge in [0.15, 0.2) is 0 Å². The van der Waals surface area contributed by atoms with Crippen LogP contribution in [-0.2, 0) is 5.54 Å². The minimum atomic E-state index is -0.281. The van der Waals surface area contributed by atoms with E-state index in [0.29, 0.717) is 6.54 Å². The lowest BCUT2D eigenvalue weighted by molar-refractivity contribution is 0.425. The molecule has 2 aliphatic rings. The number of nitrogens with one attached hydrogen (secondary N) is 1. The van der Waals surface area contributed by atoms with Crippen LogP contribution >= 0.6 is 11.6 Å². The Labute approximate surface area is 146 Å². The Morgan fingerprint density at radius 3 is 2.79 bits per heavy atom. The van der Waals surface area contributed by atoms with Crippen molar-refractivity contribution in [3.63, 3.8) is 0 Å². The molecule has 4 heteroatoms. The third-order valence-electron chi connectivity index (χ3n) is 5.27. The number of para-hydroxylation sites is 1. The van der Waals surface area contributed by atoms with Gasteiger partial charge >= 0.3 is 0 Å². The van der Waals surface area contributed by atoms with Crippen molar-refractivity contribution in [2.24, 2.45) is 0 Å². The maximum Gasteiger partial charge on any atom is 0.120 e. The average Bonchev–Trinajstić information content (AvgIpc) is 3.07. The van der Waals surface area contributed by atoms with Crippen LogP contribution in [0.4, 0.5) is 10.1 Å². The molecule has 1 atom stereocenters. The topological polar surface area (TPSA) is 15.3 Å². The van der Waals surface area contributed by atoms with Crippen LogP contribution in [0.15, 0.2) is 48.3 Å². The highest BCUT2D eigenvalue weighted by atomic mass is 35.5. The number of nitrogens with zero attached hydrogens (tertiary/aromatic N) is 1. The van der Waals surface area contributed by atoms with E-state index in [1.165, 1.54) is 5.56 Å². The Balaban J connectivity index is 1.91. The van der Waals surface area contributed by atoms with Crippen LogP contribution in [0.2, 0.25) is 5.02 Å². The van der Waals surface area contributed by atoms with Crippen LogP contribution in [0.5, 0.6) is 0 Å². The second-order valence-electron chi connectivity index (χ2n) is 6.61. The van der Waals surface area contributed by atoms with Crippen LogP contribution in [0.25, 0.3) is 6.08 Å². The fraction of sp³-hybridized carbons (Fsp3) is 0.300. The van der Waals surface area contributed by atoms with Gasteiger partial charge in [0.1, 0.15) is 5.83 Å². The van der Waals surface area contributed by atoms with E-state index in [1.807, 2.05) is 30.3 Å². The summed E-state index contributed by atoms with van der Waals surface area (Å²) < 4.78 is 14.4. The van der Waals surface area contributed by atoms with Gasteiger partial charge in [0.25, 0.3) is 0 Å². The van der Waals surface area contributed by atoms with E-state index in [-0.39, 0.29) is 11.4 Å². The second-order valence-corrected chi connectivity index (χ2v) is 7.01. The molecule has 1 fully saturated rings. The number of rotatable bonds is 2. The molecular weight excluding hydrogens is 323 g/mol. The molecule has 0 unspecified atom stereocenters. The molecule has 0 bridgehead atoms. The number of fused-ring (bicyclic) bond motifs is 1. The van der Waals surface area contributed by atoms with Crippen molar-refractivity contribution in [1.82, 2.24) is 5.32 Å². The number of benzene rings is 2. The summed E-state index contributed by atoms with van der Waals surface area (Å²) in [6, 6.07) is 14.1. The smallest absolute Gasteiger partial charge is 0.120 e. The fourth-order valence-electron chi connectivity index (χ4n) is 4.08. The Morgan fingerprint density at radius 1 is 1.17 bits per heavy atom. The lowest BCUT2D eigenvalue weighted by Crippen LogP contribution is -2.50. The summed E-state index contributed by atoms with van der Waals surface area (Å²) in [5.41, 5.74) is 4.01. The van der Waals surface area contributed by atoms with E-state index >= 15 is 0 Å². The molecule has 0 amide bonds. The van der Waals surface area contributed by atoms with E-state index in [2.05, 4.69) is 29.3 Å². The van der Waals surface area contributed by atoms with Crippen molar-refractivity contribution in [2.75, 3.05) is 24.5 Å². The van der Waals surface area contributed by atoms with Crippen LogP contribution in [-0.4, -0.2) is 19.6 Å². The van der Waals surface area contributed by atoms with Gasteiger partial charge in [-0.3, -0.25) is 0 Å². The summed E-state index contributed by atoms with van der Waals surface area (Å²) in [4.78, 5) is 2.22. The van der Waals surface area contributed by atoms with Crippen molar-refractivity contribution < 1.29 is 4.39 Å². The van der Waals surface area contributed by atoms with Gasteiger partial charge in [-0.05, 0) is 49.2 Å². The largest absolute Gasteiger partial charge is 0.353 e. The maximum atomic E-state index is 14.4. The molecule has 2 heterocycles. The first-order valence-corrected chi connectivity index (χ1v) is 8.69. The molecule has 1 saturated heterocycles. The summed E-state index contributed by atoms with van der Waals surface area (Å²) >= 11 is 6.40. The normalized spacial score (nSPS) is 23.1. The molecule has 0 saturated carbocycles. The summed E-state index contributed by atoms with van der Waals surface area (Å²) in [5.74, 6) is -0.0975. The molecule has 124 valence electrons. The average molecular weight is 343 g/mol. The number of anilines is 1. The second kappa shape index (κ2) is 5.91. The molecule has 0 aliphatic carbocycles. The molecule has 0 spiro atoms. The molecule has 2 aromatic rings. The Bertz CT molecular complexity index is 809. The fourth-order valence-corrected chi connectivity index (χ4v) is 4.26. The minimum absolute atomic E-state index is 0.0975. The zero-order chi connectivity index (χ0) is 16.7. The number of hydrogen-bond acceptors (Lipinski definition) is 2. The summed E-state index contributed by atoms with van der Waals surface area (Å²) in [6.07, 6.45) is 2.57. The van der Waals surface area contributed by atoms with Gasteiger partial charge < -0.3 is 10.2 Å². The highest BCUT2D eigenvalue weighted by Gasteiger charge is 2.44. The predicted molar refractivity (Wildman–Crippen MR) is 98.2 cm³/mol. The lowest BCUT2D eigenvalue weighted by Gasteiger charge is -2.45. The van der Waals surface area contributed by atoms with E-state index in [1.54, 1.807) is 6.08 Å². The SMILES string of the molecule is Cc1c(Cl)cccc1[C@]1(N2CC(F)=Cc3ccccc32)CCNC1. The standard InChI is InChI=1S/C20H20ClFN2/c1-14-17(6-4-7-18(14)21)20(9-10-23-13-20)24-12-16(22)11-15-5-2-3-8-19(15)24/h2-8,11,23H,9-10,12-13H2,1H3/t20-/m0/s1. The first-order chi connectivity index (χ1) is 11.6. The van der Waals surface area contributed by atoms with Crippen molar-refractivity contribution in [3.8, 4) is 0 Å². The predicted octanol–water partition coefficient (Wildman–Crippen LogP) is 4.67. The van der Waals surface area contributed by atoms with Gasteiger partial charge in [0.05, 0.1) is 12.1 Å². The zero-order valence-electron chi connectivity index (χ0n) is 13.7. The van der Waals surface area contributed by atoms with Gasteiger partial charge in [-0.1, -0.05) is 41.9 Å². The van der Waals surface area contributed by atoms with Crippen molar-refractivity contribution in [2.45, 2.75) is 18.9 Å². The summed E-state index contributed by atoms with van der Waals surface area (Å²) in [6.45, 7) is 4.05. The minimum Gasteiger partial charge on any atom is -0.353 e. The van der Waals surface area contributed by atoms with Gasteiger partial charge in [-0.2, -0.15) is 0 Å². The van der Waals surface area contributed by atoms with E-state index in [9.17, 15) is 4.39 Å². The molecule has 0 radical (unpaired) electrons.